The first kappa shape index (κ1) is 27.9. The van der Waals surface area contributed by atoms with Crippen molar-refractivity contribution in [1.29, 1.82) is 0 Å². The summed E-state index contributed by atoms with van der Waals surface area (Å²) in [6.07, 6.45) is -4.95. The van der Waals surface area contributed by atoms with Crippen LogP contribution in [-0.2, 0) is 11.2 Å². The van der Waals surface area contributed by atoms with Crippen molar-refractivity contribution in [2.45, 2.75) is 62.2 Å². The molecule has 3 aromatic carbocycles. The van der Waals surface area contributed by atoms with E-state index in [1.807, 2.05) is 66.7 Å². The van der Waals surface area contributed by atoms with Crippen LogP contribution in [0.2, 0.25) is 10.1 Å². The SMILES string of the molecule is CC(C)(CCc1cc([C@@H]2O[C@H](CO)[C@@H](O)[C@H](O)[C@H]2O)ccc1Cl)[Si](O)(c1ccccc1)c1ccccc1. The summed E-state index contributed by atoms with van der Waals surface area (Å²) in [5, 5.41) is 42.4. The Labute approximate surface area is 223 Å². The Kier molecular flexibility index (Phi) is 8.57. The first-order valence-electron chi connectivity index (χ1n) is 12.5. The molecule has 1 heterocycles. The molecular weight excluding hydrogens is 508 g/mol. The summed E-state index contributed by atoms with van der Waals surface area (Å²) in [4.78, 5) is 12.4. The average Bonchev–Trinajstić information content (AvgIpc) is 2.92. The van der Waals surface area contributed by atoms with E-state index in [1.54, 1.807) is 12.1 Å². The van der Waals surface area contributed by atoms with Gasteiger partial charge in [0.1, 0.15) is 30.5 Å². The highest BCUT2D eigenvalue weighted by Gasteiger charge is 2.49. The molecule has 0 saturated carbocycles. The average molecular weight is 543 g/mol. The Morgan fingerprint density at radius 3 is 1.95 bits per heavy atom. The number of ether oxygens (including phenoxy) is 1. The molecule has 198 valence electrons. The largest absolute Gasteiger partial charge is 0.424 e. The molecule has 37 heavy (non-hydrogen) atoms. The van der Waals surface area contributed by atoms with Crippen molar-refractivity contribution in [2.75, 3.05) is 6.61 Å². The van der Waals surface area contributed by atoms with Crippen LogP contribution in [0.1, 0.15) is 37.5 Å². The Balaban J connectivity index is 1.63. The molecule has 0 aromatic heterocycles. The molecule has 1 fully saturated rings. The van der Waals surface area contributed by atoms with Gasteiger partial charge < -0.3 is 30.0 Å². The van der Waals surface area contributed by atoms with Crippen molar-refractivity contribution in [3.63, 3.8) is 0 Å². The van der Waals surface area contributed by atoms with Gasteiger partial charge in [-0.2, -0.15) is 0 Å². The van der Waals surface area contributed by atoms with Gasteiger partial charge in [-0.3, -0.25) is 0 Å². The molecule has 4 rings (SSSR count). The minimum absolute atomic E-state index is 0.474. The molecule has 8 heteroatoms. The molecule has 1 saturated heterocycles. The van der Waals surface area contributed by atoms with Gasteiger partial charge in [0.2, 0.25) is 0 Å². The molecule has 1 aliphatic rings. The second-order valence-corrected chi connectivity index (χ2v) is 14.8. The van der Waals surface area contributed by atoms with Crippen molar-refractivity contribution in [2.24, 2.45) is 0 Å². The van der Waals surface area contributed by atoms with Gasteiger partial charge in [0.25, 0.3) is 8.32 Å². The van der Waals surface area contributed by atoms with Crippen LogP contribution in [0.15, 0.2) is 78.9 Å². The smallest absolute Gasteiger partial charge is 0.258 e. The summed E-state index contributed by atoms with van der Waals surface area (Å²) < 4.78 is 5.74. The second-order valence-electron chi connectivity index (χ2n) is 10.4. The van der Waals surface area contributed by atoms with E-state index >= 15 is 0 Å². The maximum Gasteiger partial charge on any atom is 0.258 e. The molecule has 3 aromatic rings. The lowest BCUT2D eigenvalue weighted by Gasteiger charge is -2.41. The predicted octanol–water partition coefficient (Wildman–Crippen LogP) is 2.32. The van der Waals surface area contributed by atoms with Crippen LogP contribution in [-0.4, -0.2) is 64.6 Å². The second kappa shape index (κ2) is 11.4. The third-order valence-electron chi connectivity index (χ3n) is 7.67. The van der Waals surface area contributed by atoms with Gasteiger partial charge in [-0.05, 0) is 45.4 Å². The molecule has 0 unspecified atom stereocenters. The zero-order valence-electron chi connectivity index (χ0n) is 21.0. The maximum absolute atomic E-state index is 12.4. The number of halogens is 1. The Hall–Kier alpha value is -2.07. The van der Waals surface area contributed by atoms with Gasteiger partial charge in [0.05, 0.1) is 6.61 Å². The van der Waals surface area contributed by atoms with Crippen LogP contribution < -0.4 is 10.4 Å². The Morgan fingerprint density at radius 2 is 1.41 bits per heavy atom. The number of aliphatic hydroxyl groups excluding tert-OH is 4. The van der Waals surface area contributed by atoms with E-state index in [-0.39, 0.29) is 0 Å². The summed E-state index contributed by atoms with van der Waals surface area (Å²) in [7, 11) is -3.18. The van der Waals surface area contributed by atoms with E-state index in [0.29, 0.717) is 23.4 Å². The number of aryl methyl sites for hydroxylation is 1. The van der Waals surface area contributed by atoms with Crippen molar-refractivity contribution < 1.29 is 30.0 Å². The van der Waals surface area contributed by atoms with Crippen LogP contribution >= 0.6 is 11.6 Å². The van der Waals surface area contributed by atoms with Gasteiger partial charge in [-0.15, -0.1) is 0 Å². The zero-order valence-corrected chi connectivity index (χ0v) is 22.8. The zero-order chi connectivity index (χ0) is 26.8. The lowest BCUT2D eigenvalue weighted by molar-refractivity contribution is -0.231. The summed E-state index contributed by atoms with van der Waals surface area (Å²) in [6.45, 7) is 3.70. The van der Waals surface area contributed by atoms with Crippen LogP contribution in [0, 0.1) is 0 Å². The van der Waals surface area contributed by atoms with E-state index in [1.165, 1.54) is 0 Å². The van der Waals surface area contributed by atoms with Crippen molar-refractivity contribution >= 4 is 30.3 Å². The quantitative estimate of drug-likeness (QED) is 0.279. The highest BCUT2D eigenvalue weighted by Crippen LogP contribution is 2.41. The van der Waals surface area contributed by atoms with Crippen molar-refractivity contribution in [1.82, 2.24) is 0 Å². The topological polar surface area (TPSA) is 110 Å². The lowest BCUT2D eigenvalue weighted by atomic mass is 9.90. The molecule has 0 amide bonds. The number of hydrogen-bond donors (Lipinski definition) is 5. The minimum Gasteiger partial charge on any atom is -0.424 e. The predicted molar refractivity (Wildman–Crippen MR) is 147 cm³/mol. The van der Waals surface area contributed by atoms with E-state index < -0.39 is 50.5 Å². The van der Waals surface area contributed by atoms with Crippen LogP contribution in [0.25, 0.3) is 0 Å². The van der Waals surface area contributed by atoms with Gasteiger partial charge in [0.15, 0.2) is 0 Å². The fourth-order valence-corrected chi connectivity index (χ4v) is 9.22. The van der Waals surface area contributed by atoms with Gasteiger partial charge in [-0.1, -0.05) is 98.2 Å². The van der Waals surface area contributed by atoms with Crippen molar-refractivity contribution in [3.05, 3.63) is 95.0 Å². The number of hydrogen-bond acceptors (Lipinski definition) is 6. The first-order valence-corrected chi connectivity index (χ1v) is 14.8. The number of benzene rings is 3. The molecule has 1 aliphatic heterocycles. The van der Waals surface area contributed by atoms with Crippen molar-refractivity contribution in [3.8, 4) is 0 Å². The molecule has 0 aliphatic carbocycles. The summed E-state index contributed by atoms with van der Waals surface area (Å²) in [5.41, 5.74) is 1.41. The summed E-state index contributed by atoms with van der Waals surface area (Å²) in [5.74, 6) is 0. The third-order valence-corrected chi connectivity index (χ3v) is 12.6. The highest BCUT2D eigenvalue weighted by atomic mass is 35.5. The van der Waals surface area contributed by atoms with Crippen LogP contribution in [0.4, 0.5) is 0 Å². The molecule has 0 bridgehead atoms. The van der Waals surface area contributed by atoms with Crippen LogP contribution in [0.5, 0.6) is 0 Å². The van der Waals surface area contributed by atoms with E-state index in [0.717, 1.165) is 15.9 Å². The molecule has 0 radical (unpaired) electrons. The Morgan fingerprint density at radius 1 is 0.838 bits per heavy atom. The summed E-state index contributed by atoms with van der Waals surface area (Å²) >= 11 is 6.57. The Bertz CT molecular complexity index is 1130. The van der Waals surface area contributed by atoms with E-state index in [4.69, 9.17) is 16.3 Å². The maximum atomic E-state index is 12.4. The van der Waals surface area contributed by atoms with Crippen LogP contribution in [0.3, 0.4) is 0 Å². The van der Waals surface area contributed by atoms with E-state index in [9.17, 15) is 25.2 Å². The molecule has 5 atom stereocenters. The molecular formula is C29H35ClO6Si. The molecule has 0 spiro atoms. The molecule has 5 N–H and O–H groups in total. The van der Waals surface area contributed by atoms with E-state index in [2.05, 4.69) is 13.8 Å². The fourth-order valence-electron chi connectivity index (χ4n) is 5.28. The number of rotatable bonds is 8. The fraction of sp³-hybridized carbons (Fsp3) is 0.379. The van der Waals surface area contributed by atoms with Gasteiger partial charge >= 0.3 is 0 Å². The van der Waals surface area contributed by atoms with Gasteiger partial charge in [-0.25, -0.2) is 0 Å². The number of aliphatic hydroxyl groups is 4. The monoisotopic (exact) mass is 542 g/mol. The first-order chi connectivity index (χ1) is 17.6. The highest BCUT2D eigenvalue weighted by molar-refractivity contribution is 6.98. The lowest BCUT2D eigenvalue weighted by Crippen LogP contribution is -2.65. The minimum atomic E-state index is -3.18. The molecule has 6 nitrogen and oxygen atoms in total. The third kappa shape index (κ3) is 5.41. The van der Waals surface area contributed by atoms with Gasteiger partial charge in [0, 0.05) is 5.02 Å². The summed E-state index contributed by atoms with van der Waals surface area (Å²) in [6, 6.07) is 24.9. The standard InChI is InChI=1S/C29H35ClO6Si/c1-29(2,37(35,21-9-5-3-6-10-21)22-11-7-4-8-12-22)16-15-19-17-20(13-14-23(19)30)28-27(34)26(33)25(32)24(18-31)36-28/h3-14,17,24-28,31-35H,15-16,18H2,1-2H3/t24-,25-,26+,27-,28+/m1/s1. The normalized spacial score (nSPS) is 24.7.